The van der Waals surface area contributed by atoms with Gasteiger partial charge in [-0.2, -0.15) is 0 Å². The first-order valence-electron chi connectivity index (χ1n) is 7.64. The molecule has 126 valence electrons. The molecule has 2 aromatic rings. The van der Waals surface area contributed by atoms with Gasteiger partial charge in [0.2, 0.25) is 0 Å². The molecule has 6 nitrogen and oxygen atoms in total. The summed E-state index contributed by atoms with van der Waals surface area (Å²) in [7, 11) is 0. The number of hydrogen-bond acceptors (Lipinski definition) is 5. The SMILES string of the molecule is O=C(NCCN1C(=O)SC(=Cc2ccccc2)C1=O)c1ccncc1. The van der Waals surface area contributed by atoms with Crippen LogP contribution in [0, 0.1) is 0 Å². The van der Waals surface area contributed by atoms with Gasteiger partial charge in [-0.25, -0.2) is 0 Å². The molecule has 0 radical (unpaired) electrons. The predicted octanol–water partition coefficient (Wildman–Crippen LogP) is 2.55. The van der Waals surface area contributed by atoms with Crippen molar-refractivity contribution in [3.8, 4) is 0 Å². The molecular formula is C18H15N3O3S. The summed E-state index contributed by atoms with van der Waals surface area (Å²) < 4.78 is 0. The van der Waals surface area contributed by atoms with Crippen LogP contribution in [0.4, 0.5) is 4.79 Å². The average molecular weight is 353 g/mol. The zero-order valence-corrected chi connectivity index (χ0v) is 14.0. The van der Waals surface area contributed by atoms with Gasteiger partial charge in [-0.15, -0.1) is 0 Å². The number of rotatable bonds is 5. The second kappa shape index (κ2) is 7.76. The van der Waals surface area contributed by atoms with Crippen LogP contribution in [0.25, 0.3) is 6.08 Å². The van der Waals surface area contributed by atoms with Gasteiger partial charge in [0.15, 0.2) is 0 Å². The van der Waals surface area contributed by atoms with Crippen LogP contribution in [-0.2, 0) is 4.79 Å². The molecule has 1 aromatic heterocycles. The lowest BCUT2D eigenvalue weighted by Crippen LogP contribution is -2.37. The van der Waals surface area contributed by atoms with E-state index in [1.54, 1.807) is 18.2 Å². The van der Waals surface area contributed by atoms with E-state index in [9.17, 15) is 14.4 Å². The van der Waals surface area contributed by atoms with Gasteiger partial charge < -0.3 is 5.32 Å². The van der Waals surface area contributed by atoms with Crippen molar-refractivity contribution in [1.29, 1.82) is 0 Å². The first-order valence-corrected chi connectivity index (χ1v) is 8.45. The first kappa shape index (κ1) is 16.9. The molecule has 25 heavy (non-hydrogen) atoms. The number of benzene rings is 1. The van der Waals surface area contributed by atoms with Crippen LogP contribution in [0.15, 0.2) is 59.8 Å². The van der Waals surface area contributed by atoms with E-state index in [4.69, 9.17) is 0 Å². The third-order valence-electron chi connectivity index (χ3n) is 3.53. The molecule has 0 spiro atoms. The van der Waals surface area contributed by atoms with Crippen molar-refractivity contribution in [2.24, 2.45) is 0 Å². The lowest BCUT2D eigenvalue weighted by molar-refractivity contribution is -0.122. The number of hydrogen-bond donors (Lipinski definition) is 1. The number of carbonyl (C=O) groups excluding carboxylic acids is 3. The van der Waals surface area contributed by atoms with Gasteiger partial charge >= 0.3 is 0 Å². The smallest absolute Gasteiger partial charge is 0.293 e. The molecule has 1 fully saturated rings. The minimum absolute atomic E-state index is 0.133. The van der Waals surface area contributed by atoms with Crippen molar-refractivity contribution in [3.05, 3.63) is 70.9 Å². The molecule has 0 aliphatic carbocycles. The van der Waals surface area contributed by atoms with E-state index in [-0.39, 0.29) is 30.1 Å². The van der Waals surface area contributed by atoms with Gasteiger partial charge in [0, 0.05) is 31.0 Å². The molecule has 3 amide bonds. The fourth-order valence-electron chi connectivity index (χ4n) is 2.28. The van der Waals surface area contributed by atoms with Gasteiger partial charge in [0.25, 0.3) is 17.1 Å². The highest BCUT2D eigenvalue weighted by Gasteiger charge is 2.34. The molecule has 2 heterocycles. The zero-order valence-electron chi connectivity index (χ0n) is 13.2. The third kappa shape index (κ3) is 4.13. The maximum Gasteiger partial charge on any atom is 0.293 e. The summed E-state index contributed by atoms with van der Waals surface area (Å²) in [5.74, 6) is -0.605. The molecular weight excluding hydrogens is 338 g/mol. The largest absolute Gasteiger partial charge is 0.350 e. The molecule has 1 aromatic carbocycles. The van der Waals surface area contributed by atoms with Gasteiger partial charge in [0.05, 0.1) is 4.91 Å². The molecule has 0 atom stereocenters. The van der Waals surface area contributed by atoms with Gasteiger partial charge in [-0.1, -0.05) is 30.3 Å². The van der Waals surface area contributed by atoms with Crippen molar-refractivity contribution >= 4 is 34.9 Å². The van der Waals surface area contributed by atoms with Crippen LogP contribution in [0.5, 0.6) is 0 Å². The first-order chi connectivity index (χ1) is 12.1. The van der Waals surface area contributed by atoms with E-state index < -0.39 is 0 Å². The Labute approximate surface area is 148 Å². The molecule has 1 saturated heterocycles. The summed E-state index contributed by atoms with van der Waals surface area (Å²) in [5.41, 5.74) is 1.34. The fourth-order valence-corrected chi connectivity index (χ4v) is 3.15. The van der Waals surface area contributed by atoms with Gasteiger partial charge in [-0.3, -0.25) is 24.3 Å². The number of imide groups is 1. The number of nitrogens with zero attached hydrogens (tertiary/aromatic N) is 2. The van der Waals surface area contributed by atoms with Crippen molar-refractivity contribution in [3.63, 3.8) is 0 Å². The van der Waals surface area contributed by atoms with Gasteiger partial charge in [-0.05, 0) is 35.5 Å². The van der Waals surface area contributed by atoms with Crippen molar-refractivity contribution in [2.75, 3.05) is 13.1 Å². The van der Waals surface area contributed by atoms with Crippen molar-refractivity contribution < 1.29 is 14.4 Å². The highest BCUT2D eigenvalue weighted by Crippen LogP contribution is 2.31. The molecule has 0 bridgehead atoms. The predicted molar refractivity (Wildman–Crippen MR) is 95.7 cm³/mol. The minimum atomic E-state index is -0.336. The highest BCUT2D eigenvalue weighted by atomic mass is 32.2. The van der Waals surface area contributed by atoms with Crippen molar-refractivity contribution in [1.82, 2.24) is 15.2 Å². The van der Waals surface area contributed by atoms with Crippen LogP contribution >= 0.6 is 11.8 Å². The highest BCUT2D eigenvalue weighted by molar-refractivity contribution is 8.18. The van der Waals surface area contributed by atoms with E-state index in [0.29, 0.717) is 10.5 Å². The molecule has 1 aliphatic heterocycles. The fraction of sp³-hybridized carbons (Fsp3) is 0.111. The summed E-state index contributed by atoms with van der Waals surface area (Å²) in [5, 5.41) is 2.36. The van der Waals surface area contributed by atoms with Crippen LogP contribution in [0.3, 0.4) is 0 Å². The Morgan fingerprint density at radius 1 is 1.12 bits per heavy atom. The quantitative estimate of drug-likeness (QED) is 0.836. The van der Waals surface area contributed by atoms with E-state index in [1.165, 1.54) is 12.4 Å². The minimum Gasteiger partial charge on any atom is -0.350 e. The Bertz CT molecular complexity index is 822. The summed E-state index contributed by atoms with van der Waals surface area (Å²) in [6.07, 6.45) is 4.75. The Morgan fingerprint density at radius 3 is 2.56 bits per heavy atom. The van der Waals surface area contributed by atoms with Gasteiger partial charge in [0.1, 0.15) is 0 Å². The Hall–Kier alpha value is -2.93. The Kier molecular flexibility index (Phi) is 5.25. The van der Waals surface area contributed by atoms with Crippen LogP contribution in [-0.4, -0.2) is 40.0 Å². The Morgan fingerprint density at radius 2 is 1.84 bits per heavy atom. The number of amides is 3. The number of pyridine rings is 1. The topological polar surface area (TPSA) is 79.4 Å². The summed E-state index contributed by atoms with van der Waals surface area (Å²) >= 11 is 0.909. The lowest BCUT2D eigenvalue weighted by Gasteiger charge is -2.12. The molecule has 0 saturated carbocycles. The monoisotopic (exact) mass is 353 g/mol. The number of aromatic nitrogens is 1. The summed E-state index contributed by atoms with van der Waals surface area (Å²) in [6, 6.07) is 12.5. The number of nitrogens with one attached hydrogen (secondary N) is 1. The van der Waals surface area contributed by atoms with Crippen LogP contribution < -0.4 is 5.32 Å². The standard InChI is InChI=1S/C18H15N3O3S/c22-16(14-6-8-19-9-7-14)20-10-11-21-17(23)15(25-18(21)24)12-13-4-2-1-3-5-13/h1-9,12H,10-11H2,(H,20,22). The number of thioether (sulfide) groups is 1. The summed E-state index contributed by atoms with van der Waals surface area (Å²) in [6.45, 7) is 0.325. The Balaban J connectivity index is 1.58. The van der Waals surface area contributed by atoms with Crippen LogP contribution in [0.1, 0.15) is 15.9 Å². The van der Waals surface area contributed by atoms with E-state index >= 15 is 0 Å². The lowest BCUT2D eigenvalue weighted by atomic mass is 10.2. The maximum absolute atomic E-state index is 12.4. The number of carbonyl (C=O) groups is 3. The molecule has 1 N–H and O–H groups in total. The normalized spacial score (nSPS) is 15.7. The van der Waals surface area contributed by atoms with E-state index in [0.717, 1.165) is 22.2 Å². The molecule has 0 unspecified atom stereocenters. The molecule has 7 heteroatoms. The van der Waals surface area contributed by atoms with E-state index in [2.05, 4.69) is 10.3 Å². The molecule has 1 aliphatic rings. The van der Waals surface area contributed by atoms with E-state index in [1.807, 2.05) is 30.3 Å². The summed E-state index contributed by atoms with van der Waals surface area (Å²) in [4.78, 5) is 41.7. The maximum atomic E-state index is 12.4. The average Bonchev–Trinajstić information content (AvgIpc) is 2.90. The second-order valence-electron chi connectivity index (χ2n) is 5.24. The molecule has 3 rings (SSSR count). The van der Waals surface area contributed by atoms with Crippen molar-refractivity contribution in [2.45, 2.75) is 0 Å². The zero-order chi connectivity index (χ0) is 17.6. The second-order valence-corrected chi connectivity index (χ2v) is 6.23. The van der Waals surface area contributed by atoms with Crippen LogP contribution in [0.2, 0.25) is 0 Å². The third-order valence-corrected chi connectivity index (χ3v) is 4.44.